The molecule has 1 aromatic heterocycles. The van der Waals surface area contributed by atoms with Crippen LogP contribution in [0.3, 0.4) is 0 Å². The minimum atomic E-state index is -0.0863. The third-order valence-corrected chi connectivity index (χ3v) is 5.38. The van der Waals surface area contributed by atoms with E-state index in [1.807, 2.05) is 35.2 Å². The molecule has 0 radical (unpaired) electrons. The van der Waals surface area contributed by atoms with E-state index in [4.69, 9.17) is 4.74 Å². The molecule has 0 aliphatic carbocycles. The number of rotatable bonds is 5. The molecule has 2 aromatic carbocycles. The number of fused-ring (bicyclic) bond motifs is 1. The van der Waals surface area contributed by atoms with E-state index in [9.17, 15) is 4.79 Å². The van der Waals surface area contributed by atoms with Gasteiger partial charge in [-0.25, -0.2) is 0 Å². The van der Waals surface area contributed by atoms with Crippen molar-refractivity contribution in [3.63, 3.8) is 0 Å². The van der Waals surface area contributed by atoms with Gasteiger partial charge in [-0.15, -0.1) is 0 Å². The lowest BCUT2D eigenvalue weighted by Crippen LogP contribution is -2.44. The molecule has 0 N–H and O–H groups in total. The van der Waals surface area contributed by atoms with Gasteiger partial charge in [0.05, 0.1) is 6.04 Å². The fraction of sp³-hybridized carbons (Fsp3) is 0.292. The maximum absolute atomic E-state index is 13.1. The van der Waals surface area contributed by atoms with E-state index < -0.39 is 0 Å². The summed E-state index contributed by atoms with van der Waals surface area (Å²) in [6, 6.07) is 22.2. The highest BCUT2D eigenvalue weighted by Gasteiger charge is 2.32. The first-order chi connectivity index (χ1) is 13.6. The molecule has 144 valence electrons. The molecule has 1 aliphatic heterocycles. The number of nitrogens with zero attached hydrogens (tertiary/aromatic N) is 2. The van der Waals surface area contributed by atoms with Crippen LogP contribution in [0.2, 0.25) is 0 Å². The van der Waals surface area contributed by atoms with E-state index >= 15 is 0 Å². The van der Waals surface area contributed by atoms with Crippen molar-refractivity contribution < 1.29 is 9.53 Å². The van der Waals surface area contributed by atoms with Crippen molar-refractivity contribution in [2.24, 2.45) is 0 Å². The topological polar surface area (TPSA) is 34.5 Å². The zero-order valence-electron chi connectivity index (χ0n) is 16.4. The number of aromatic nitrogens is 1. The quantitative estimate of drug-likeness (QED) is 0.653. The number of carbonyl (C=O) groups excluding carboxylic acids is 1. The Hall–Kier alpha value is -3.01. The molecule has 4 heteroatoms. The Morgan fingerprint density at radius 1 is 1.00 bits per heavy atom. The second-order valence-electron chi connectivity index (χ2n) is 7.54. The molecule has 0 spiro atoms. The molecule has 2 heterocycles. The number of hydrogen-bond donors (Lipinski definition) is 0. The Morgan fingerprint density at radius 2 is 1.75 bits per heavy atom. The highest BCUT2D eigenvalue weighted by atomic mass is 16.5. The average molecular weight is 374 g/mol. The fourth-order valence-corrected chi connectivity index (χ4v) is 3.81. The van der Waals surface area contributed by atoms with Gasteiger partial charge in [0.2, 0.25) is 0 Å². The van der Waals surface area contributed by atoms with E-state index in [-0.39, 0.29) is 18.6 Å². The van der Waals surface area contributed by atoms with Crippen LogP contribution in [0.25, 0.3) is 0 Å². The number of benzene rings is 2. The number of hydrogen-bond acceptors (Lipinski definition) is 2. The fourth-order valence-electron chi connectivity index (χ4n) is 3.81. The van der Waals surface area contributed by atoms with Crippen LogP contribution in [-0.2, 0) is 11.3 Å². The second kappa shape index (κ2) is 7.93. The lowest BCUT2D eigenvalue weighted by Gasteiger charge is -2.37. The van der Waals surface area contributed by atoms with E-state index in [0.29, 0.717) is 18.2 Å². The summed E-state index contributed by atoms with van der Waals surface area (Å²) in [6.07, 6.45) is 2.09. The van der Waals surface area contributed by atoms with Crippen LogP contribution in [0.1, 0.15) is 42.6 Å². The van der Waals surface area contributed by atoms with Crippen LogP contribution in [0, 0.1) is 0 Å². The maximum atomic E-state index is 13.1. The maximum Gasteiger partial charge on any atom is 0.261 e. The van der Waals surface area contributed by atoms with Crippen molar-refractivity contribution in [3.05, 3.63) is 89.7 Å². The molecule has 3 aromatic rings. The van der Waals surface area contributed by atoms with E-state index in [0.717, 1.165) is 17.8 Å². The van der Waals surface area contributed by atoms with E-state index in [2.05, 4.69) is 61.0 Å². The average Bonchev–Trinajstić information content (AvgIpc) is 3.21. The molecular weight excluding hydrogens is 348 g/mol. The minimum absolute atomic E-state index is 0.00855. The highest BCUT2D eigenvalue weighted by molar-refractivity contribution is 5.79. The number of amides is 1. The van der Waals surface area contributed by atoms with Gasteiger partial charge in [0.15, 0.2) is 6.61 Å². The normalized spacial score (nSPS) is 16.1. The Kier molecular flexibility index (Phi) is 5.20. The predicted octanol–water partition coefficient (Wildman–Crippen LogP) is 4.62. The van der Waals surface area contributed by atoms with Crippen LogP contribution < -0.4 is 4.74 Å². The molecule has 0 fully saturated rings. The third-order valence-electron chi connectivity index (χ3n) is 5.38. The van der Waals surface area contributed by atoms with Crippen LogP contribution in [-0.4, -0.2) is 28.5 Å². The summed E-state index contributed by atoms with van der Waals surface area (Å²) in [7, 11) is 0. The summed E-state index contributed by atoms with van der Waals surface area (Å²) >= 11 is 0. The van der Waals surface area contributed by atoms with Gasteiger partial charge in [0, 0.05) is 25.0 Å². The van der Waals surface area contributed by atoms with Crippen molar-refractivity contribution in [2.75, 3.05) is 13.2 Å². The van der Waals surface area contributed by atoms with Crippen molar-refractivity contribution in [1.82, 2.24) is 9.47 Å². The van der Waals surface area contributed by atoms with E-state index in [1.165, 1.54) is 5.56 Å². The molecule has 28 heavy (non-hydrogen) atoms. The van der Waals surface area contributed by atoms with Crippen LogP contribution >= 0.6 is 0 Å². The van der Waals surface area contributed by atoms with Gasteiger partial charge < -0.3 is 14.2 Å². The van der Waals surface area contributed by atoms with Gasteiger partial charge in [-0.1, -0.05) is 56.3 Å². The Bertz CT molecular complexity index is 929. The molecule has 4 rings (SSSR count). The third kappa shape index (κ3) is 3.68. The van der Waals surface area contributed by atoms with Gasteiger partial charge in [-0.3, -0.25) is 4.79 Å². The summed E-state index contributed by atoms with van der Waals surface area (Å²) < 4.78 is 7.97. The molecule has 1 amide bonds. The summed E-state index contributed by atoms with van der Waals surface area (Å²) in [4.78, 5) is 15.0. The molecular formula is C24H26N2O2. The monoisotopic (exact) mass is 374 g/mol. The van der Waals surface area contributed by atoms with Crippen molar-refractivity contribution in [3.8, 4) is 5.75 Å². The van der Waals surface area contributed by atoms with Crippen LogP contribution in [0.4, 0.5) is 0 Å². The summed E-state index contributed by atoms with van der Waals surface area (Å²) in [5.74, 6) is 1.21. The first-order valence-electron chi connectivity index (χ1n) is 9.85. The Labute approximate surface area is 166 Å². The van der Waals surface area contributed by atoms with Crippen molar-refractivity contribution in [1.29, 1.82) is 0 Å². The number of ether oxygens (including phenoxy) is 1. The van der Waals surface area contributed by atoms with Crippen molar-refractivity contribution >= 4 is 5.91 Å². The molecule has 4 nitrogen and oxygen atoms in total. The molecule has 1 aliphatic rings. The molecule has 0 saturated carbocycles. The predicted molar refractivity (Wildman–Crippen MR) is 110 cm³/mol. The van der Waals surface area contributed by atoms with Gasteiger partial charge >= 0.3 is 0 Å². The number of para-hydroxylation sites is 1. The van der Waals surface area contributed by atoms with Gasteiger partial charge in [0.25, 0.3) is 5.91 Å². The second-order valence-corrected chi connectivity index (χ2v) is 7.54. The summed E-state index contributed by atoms with van der Waals surface area (Å²) in [5, 5.41) is 0. The lowest BCUT2D eigenvalue weighted by atomic mass is 9.96. The SMILES string of the molecule is CC(C)c1ccc(C2c3cccn3CCN2C(=O)COc2ccccc2)cc1. The van der Waals surface area contributed by atoms with Gasteiger partial charge in [0.1, 0.15) is 5.75 Å². The summed E-state index contributed by atoms with van der Waals surface area (Å²) in [5.41, 5.74) is 3.59. The number of carbonyl (C=O) groups is 1. The molecule has 0 saturated heterocycles. The minimum Gasteiger partial charge on any atom is -0.484 e. The standard InChI is InChI=1S/C24H26N2O2/c1-18(2)19-10-12-20(13-11-19)24-22-9-6-14-25(22)15-16-26(24)23(27)17-28-21-7-4-3-5-8-21/h3-14,18,24H,15-17H2,1-2H3. The molecule has 1 atom stereocenters. The first-order valence-corrected chi connectivity index (χ1v) is 9.85. The Morgan fingerprint density at radius 3 is 2.46 bits per heavy atom. The first kappa shape index (κ1) is 18.4. The van der Waals surface area contributed by atoms with Crippen LogP contribution in [0.15, 0.2) is 72.9 Å². The molecule has 1 unspecified atom stereocenters. The van der Waals surface area contributed by atoms with Gasteiger partial charge in [-0.05, 0) is 41.3 Å². The van der Waals surface area contributed by atoms with E-state index in [1.54, 1.807) is 0 Å². The largest absolute Gasteiger partial charge is 0.484 e. The zero-order chi connectivity index (χ0) is 19.5. The highest BCUT2D eigenvalue weighted by Crippen LogP contribution is 2.33. The summed E-state index contributed by atoms with van der Waals surface area (Å²) in [6.45, 7) is 5.91. The smallest absolute Gasteiger partial charge is 0.261 e. The van der Waals surface area contributed by atoms with Crippen molar-refractivity contribution in [2.45, 2.75) is 32.4 Å². The molecule has 0 bridgehead atoms. The van der Waals surface area contributed by atoms with Crippen LogP contribution in [0.5, 0.6) is 5.75 Å². The Balaban J connectivity index is 1.59. The lowest BCUT2D eigenvalue weighted by molar-refractivity contribution is -0.136. The van der Waals surface area contributed by atoms with Gasteiger partial charge in [-0.2, -0.15) is 0 Å². The zero-order valence-corrected chi connectivity index (χ0v) is 16.4.